The molecule has 0 aliphatic rings. The molecule has 0 fully saturated rings. The second-order valence-electron chi connectivity index (χ2n) is 5.15. The summed E-state index contributed by atoms with van der Waals surface area (Å²) < 4.78 is 27.7. The molecule has 2 amide bonds. The summed E-state index contributed by atoms with van der Waals surface area (Å²) in [5.41, 5.74) is -0.0665. The molecule has 0 saturated heterocycles. The third kappa shape index (κ3) is 3.75. The van der Waals surface area contributed by atoms with E-state index in [4.69, 9.17) is 11.6 Å². The second kappa shape index (κ2) is 7.40. The van der Waals surface area contributed by atoms with E-state index in [1.54, 1.807) is 25.4 Å². The van der Waals surface area contributed by atoms with Gasteiger partial charge in [0.1, 0.15) is 6.33 Å². The van der Waals surface area contributed by atoms with Crippen LogP contribution in [-0.4, -0.2) is 30.8 Å². The maximum atomic E-state index is 13.3. The van der Waals surface area contributed by atoms with Crippen molar-refractivity contribution in [2.75, 3.05) is 5.32 Å². The van der Waals surface area contributed by atoms with E-state index in [1.807, 2.05) is 0 Å². The van der Waals surface area contributed by atoms with Crippen molar-refractivity contribution in [2.24, 2.45) is 0 Å². The van der Waals surface area contributed by atoms with Crippen molar-refractivity contribution in [2.45, 2.75) is 13.0 Å². The SMILES string of the molecule is C[C@H](NC(=O)Nc1cc(F)c(F)cc1Cl)c1ncnn1-c1ncccn1. The number of carbonyl (C=O) groups excluding carboxylic acids is 1. The summed E-state index contributed by atoms with van der Waals surface area (Å²) in [6.07, 6.45) is 4.39. The summed E-state index contributed by atoms with van der Waals surface area (Å²) in [4.78, 5) is 24.4. The average molecular weight is 380 g/mol. The summed E-state index contributed by atoms with van der Waals surface area (Å²) >= 11 is 5.79. The normalized spacial score (nSPS) is 11.8. The first-order valence-electron chi connectivity index (χ1n) is 7.35. The molecule has 2 heterocycles. The standard InChI is InChI=1S/C15H12ClF2N7O/c1-8(13-21-7-22-25(13)14-19-3-2-4-20-14)23-15(26)24-12-6-11(18)10(17)5-9(12)16/h2-8H,1H3,(H2,23,24,26)/t8-/m0/s1. The third-order valence-corrected chi connectivity index (χ3v) is 3.62. The fourth-order valence-electron chi connectivity index (χ4n) is 2.14. The summed E-state index contributed by atoms with van der Waals surface area (Å²) in [6.45, 7) is 1.66. The van der Waals surface area contributed by atoms with E-state index in [2.05, 4.69) is 30.7 Å². The van der Waals surface area contributed by atoms with E-state index in [0.29, 0.717) is 5.82 Å². The molecule has 0 unspecified atom stereocenters. The third-order valence-electron chi connectivity index (χ3n) is 3.31. The number of nitrogens with one attached hydrogen (secondary N) is 2. The smallest absolute Gasteiger partial charge is 0.319 e. The molecule has 134 valence electrons. The molecule has 1 aromatic carbocycles. The molecule has 0 saturated carbocycles. The predicted octanol–water partition coefficient (Wildman–Crippen LogP) is 2.87. The number of urea groups is 1. The summed E-state index contributed by atoms with van der Waals surface area (Å²) in [5, 5.41) is 8.85. The van der Waals surface area contributed by atoms with E-state index in [0.717, 1.165) is 12.1 Å². The molecule has 8 nitrogen and oxygen atoms in total. The van der Waals surface area contributed by atoms with Gasteiger partial charge in [-0.3, -0.25) is 0 Å². The van der Waals surface area contributed by atoms with Gasteiger partial charge in [-0.15, -0.1) is 0 Å². The number of amides is 2. The van der Waals surface area contributed by atoms with Crippen molar-refractivity contribution in [3.05, 3.63) is 59.4 Å². The first-order valence-corrected chi connectivity index (χ1v) is 7.73. The van der Waals surface area contributed by atoms with Crippen LogP contribution in [0.25, 0.3) is 5.95 Å². The highest BCUT2D eigenvalue weighted by molar-refractivity contribution is 6.33. The fraction of sp³-hybridized carbons (Fsp3) is 0.133. The Labute approximate surface area is 151 Å². The summed E-state index contributed by atoms with van der Waals surface area (Å²) in [5.74, 6) is -1.57. The molecule has 0 spiro atoms. The Balaban J connectivity index is 1.73. The Hall–Kier alpha value is -3.14. The highest BCUT2D eigenvalue weighted by Gasteiger charge is 2.19. The lowest BCUT2D eigenvalue weighted by Crippen LogP contribution is -2.32. The van der Waals surface area contributed by atoms with Crippen LogP contribution < -0.4 is 10.6 Å². The lowest BCUT2D eigenvalue weighted by Gasteiger charge is -2.15. The minimum atomic E-state index is -1.13. The first-order chi connectivity index (χ1) is 12.5. The van der Waals surface area contributed by atoms with E-state index < -0.39 is 23.7 Å². The molecule has 2 N–H and O–H groups in total. The molecular weight excluding hydrogens is 368 g/mol. The molecule has 0 aliphatic heterocycles. The molecular formula is C15H12ClF2N7O. The molecule has 0 aliphatic carbocycles. The van der Waals surface area contributed by atoms with E-state index in [1.165, 1.54) is 11.0 Å². The lowest BCUT2D eigenvalue weighted by molar-refractivity contribution is 0.248. The van der Waals surface area contributed by atoms with Gasteiger partial charge in [-0.1, -0.05) is 11.6 Å². The number of nitrogens with zero attached hydrogens (tertiary/aromatic N) is 5. The van der Waals surface area contributed by atoms with Crippen molar-refractivity contribution < 1.29 is 13.6 Å². The topological polar surface area (TPSA) is 97.6 Å². The number of rotatable bonds is 4. The van der Waals surface area contributed by atoms with Gasteiger partial charge in [-0.2, -0.15) is 9.78 Å². The largest absolute Gasteiger partial charge is 0.328 e. The zero-order chi connectivity index (χ0) is 18.7. The maximum absolute atomic E-state index is 13.3. The van der Waals surface area contributed by atoms with Crippen molar-refractivity contribution in [1.82, 2.24) is 30.0 Å². The van der Waals surface area contributed by atoms with Crippen molar-refractivity contribution >= 4 is 23.3 Å². The maximum Gasteiger partial charge on any atom is 0.319 e. The Morgan fingerprint density at radius 2 is 1.88 bits per heavy atom. The molecule has 0 bridgehead atoms. The van der Waals surface area contributed by atoms with Crippen molar-refractivity contribution in [1.29, 1.82) is 0 Å². The van der Waals surface area contributed by atoms with Crippen molar-refractivity contribution in [3.63, 3.8) is 0 Å². The van der Waals surface area contributed by atoms with Gasteiger partial charge in [0.15, 0.2) is 17.5 Å². The second-order valence-corrected chi connectivity index (χ2v) is 5.55. The quantitative estimate of drug-likeness (QED) is 0.679. The van der Waals surface area contributed by atoms with Gasteiger partial charge in [0.05, 0.1) is 16.8 Å². The first kappa shape index (κ1) is 17.7. The zero-order valence-corrected chi connectivity index (χ0v) is 14.1. The number of hydrogen-bond acceptors (Lipinski definition) is 5. The van der Waals surface area contributed by atoms with Gasteiger partial charge in [-0.25, -0.2) is 28.5 Å². The highest BCUT2D eigenvalue weighted by Crippen LogP contribution is 2.25. The molecule has 26 heavy (non-hydrogen) atoms. The fourth-order valence-corrected chi connectivity index (χ4v) is 2.34. The predicted molar refractivity (Wildman–Crippen MR) is 88.9 cm³/mol. The van der Waals surface area contributed by atoms with E-state index in [9.17, 15) is 13.6 Å². The highest BCUT2D eigenvalue weighted by atomic mass is 35.5. The Morgan fingerprint density at radius 1 is 1.19 bits per heavy atom. The number of anilines is 1. The monoisotopic (exact) mass is 379 g/mol. The molecule has 1 atom stereocenters. The number of halogens is 3. The van der Waals surface area contributed by atoms with E-state index in [-0.39, 0.29) is 16.7 Å². The van der Waals surface area contributed by atoms with Gasteiger partial charge in [0, 0.05) is 18.5 Å². The van der Waals surface area contributed by atoms with Crippen molar-refractivity contribution in [3.8, 4) is 5.95 Å². The van der Waals surface area contributed by atoms with Crippen LogP contribution in [0.5, 0.6) is 0 Å². The molecule has 3 aromatic rings. The number of aromatic nitrogens is 5. The summed E-state index contributed by atoms with van der Waals surface area (Å²) in [7, 11) is 0. The van der Waals surface area contributed by atoms with Crippen LogP contribution in [-0.2, 0) is 0 Å². The van der Waals surface area contributed by atoms with Gasteiger partial charge >= 0.3 is 6.03 Å². The minimum Gasteiger partial charge on any atom is -0.328 e. The van der Waals surface area contributed by atoms with Gasteiger partial charge in [0.25, 0.3) is 5.95 Å². The van der Waals surface area contributed by atoms with Crippen LogP contribution in [0.3, 0.4) is 0 Å². The zero-order valence-electron chi connectivity index (χ0n) is 13.3. The number of carbonyl (C=O) groups is 1. The Bertz CT molecular complexity index is 935. The van der Waals surface area contributed by atoms with Crippen LogP contribution in [0.4, 0.5) is 19.3 Å². The van der Waals surface area contributed by atoms with Crippen LogP contribution in [0.15, 0.2) is 36.9 Å². The van der Waals surface area contributed by atoms with E-state index >= 15 is 0 Å². The van der Waals surface area contributed by atoms with Crippen LogP contribution >= 0.6 is 11.6 Å². The molecule has 11 heteroatoms. The molecule has 2 aromatic heterocycles. The van der Waals surface area contributed by atoms with Gasteiger partial charge in [-0.05, 0) is 19.1 Å². The van der Waals surface area contributed by atoms with Crippen LogP contribution in [0.2, 0.25) is 5.02 Å². The molecule has 0 radical (unpaired) electrons. The molecule has 3 rings (SSSR count). The number of hydrogen-bond donors (Lipinski definition) is 2. The minimum absolute atomic E-state index is 0.0665. The average Bonchev–Trinajstić information content (AvgIpc) is 3.10. The van der Waals surface area contributed by atoms with Crippen LogP contribution in [0, 0.1) is 11.6 Å². The van der Waals surface area contributed by atoms with Crippen LogP contribution in [0.1, 0.15) is 18.8 Å². The van der Waals surface area contributed by atoms with Gasteiger partial charge < -0.3 is 10.6 Å². The number of benzene rings is 1. The Morgan fingerprint density at radius 3 is 2.62 bits per heavy atom. The Kier molecular flexibility index (Phi) is 5.03. The lowest BCUT2D eigenvalue weighted by atomic mass is 10.3. The van der Waals surface area contributed by atoms with Gasteiger partial charge in [0.2, 0.25) is 0 Å². The summed E-state index contributed by atoms with van der Waals surface area (Å²) in [6, 6.07) is 1.95.